The highest BCUT2D eigenvalue weighted by Gasteiger charge is 2.11. The first kappa shape index (κ1) is 13.0. The van der Waals surface area contributed by atoms with Crippen LogP contribution in [-0.2, 0) is 0 Å². The van der Waals surface area contributed by atoms with E-state index in [9.17, 15) is 15.0 Å². The fourth-order valence-electron chi connectivity index (χ4n) is 2.32. The summed E-state index contributed by atoms with van der Waals surface area (Å²) in [6, 6.07) is 17.5. The van der Waals surface area contributed by atoms with E-state index in [1.807, 2.05) is 24.3 Å². The molecule has 0 bridgehead atoms. The smallest absolute Gasteiger partial charge is 0.337 e. The van der Waals surface area contributed by atoms with Crippen molar-refractivity contribution in [1.82, 2.24) is 0 Å². The number of anilines is 2. The molecule has 104 valence electrons. The molecule has 3 N–H and O–H groups in total. The van der Waals surface area contributed by atoms with Gasteiger partial charge in [0, 0.05) is 16.5 Å². The van der Waals surface area contributed by atoms with E-state index in [1.54, 1.807) is 36.4 Å². The molecule has 3 aromatic carbocycles. The van der Waals surface area contributed by atoms with E-state index >= 15 is 0 Å². The molecular formula is C17H13NO3. The molecule has 0 aliphatic heterocycles. The van der Waals surface area contributed by atoms with Crippen molar-refractivity contribution in [2.24, 2.45) is 0 Å². The van der Waals surface area contributed by atoms with Crippen molar-refractivity contribution in [3.8, 4) is 5.75 Å². The Bertz CT molecular complexity index is 827. The van der Waals surface area contributed by atoms with E-state index < -0.39 is 5.97 Å². The molecular weight excluding hydrogens is 266 g/mol. The Balaban J connectivity index is 2.11. The zero-order chi connectivity index (χ0) is 14.8. The van der Waals surface area contributed by atoms with Gasteiger partial charge < -0.3 is 15.5 Å². The summed E-state index contributed by atoms with van der Waals surface area (Å²) in [5.74, 6) is -0.788. The molecule has 3 rings (SSSR count). The third-order valence-electron chi connectivity index (χ3n) is 3.33. The van der Waals surface area contributed by atoms with Gasteiger partial charge in [0.1, 0.15) is 5.75 Å². The number of hydrogen-bond donors (Lipinski definition) is 3. The first-order valence-corrected chi connectivity index (χ1v) is 6.47. The Kier molecular flexibility index (Phi) is 3.20. The number of phenols is 1. The number of carboxylic acids is 1. The SMILES string of the molecule is O=C(O)c1ccccc1Nc1ccc(O)c2ccccc12. The Hall–Kier alpha value is -3.01. The summed E-state index contributed by atoms with van der Waals surface area (Å²) in [6.45, 7) is 0. The number of rotatable bonds is 3. The lowest BCUT2D eigenvalue weighted by molar-refractivity contribution is 0.0698. The average Bonchev–Trinajstić information content (AvgIpc) is 2.51. The third-order valence-corrected chi connectivity index (χ3v) is 3.33. The van der Waals surface area contributed by atoms with Crippen molar-refractivity contribution in [3.63, 3.8) is 0 Å². The lowest BCUT2D eigenvalue weighted by Gasteiger charge is -2.12. The number of aromatic carboxylic acids is 1. The van der Waals surface area contributed by atoms with Gasteiger partial charge in [-0.3, -0.25) is 0 Å². The molecule has 0 heterocycles. The number of para-hydroxylation sites is 1. The molecule has 0 unspecified atom stereocenters. The molecule has 21 heavy (non-hydrogen) atoms. The molecule has 0 spiro atoms. The lowest BCUT2D eigenvalue weighted by Crippen LogP contribution is -2.02. The van der Waals surface area contributed by atoms with Crippen LogP contribution in [0.4, 0.5) is 11.4 Å². The molecule has 0 amide bonds. The number of aromatic hydroxyl groups is 1. The van der Waals surface area contributed by atoms with Gasteiger partial charge in [0.05, 0.1) is 11.3 Å². The Morgan fingerprint density at radius 3 is 2.24 bits per heavy atom. The van der Waals surface area contributed by atoms with Gasteiger partial charge in [-0.2, -0.15) is 0 Å². The van der Waals surface area contributed by atoms with E-state index in [0.717, 1.165) is 16.5 Å². The monoisotopic (exact) mass is 279 g/mol. The normalized spacial score (nSPS) is 10.5. The van der Waals surface area contributed by atoms with Crippen molar-refractivity contribution >= 4 is 28.1 Å². The molecule has 4 nitrogen and oxygen atoms in total. The van der Waals surface area contributed by atoms with E-state index in [0.29, 0.717) is 5.69 Å². The number of nitrogens with one attached hydrogen (secondary N) is 1. The van der Waals surface area contributed by atoms with Gasteiger partial charge in [0.25, 0.3) is 0 Å². The third kappa shape index (κ3) is 2.39. The fraction of sp³-hybridized carbons (Fsp3) is 0. The molecule has 0 aliphatic carbocycles. The van der Waals surface area contributed by atoms with Crippen LogP contribution < -0.4 is 5.32 Å². The molecule has 0 aromatic heterocycles. The Morgan fingerprint density at radius 1 is 0.810 bits per heavy atom. The maximum absolute atomic E-state index is 11.2. The van der Waals surface area contributed by atoms with Crippen molar-refractivity contribution in [2.45, 2.75) is 0 Å². The minimum Gasteiger partial charge on any atom is -0.507 e. The molecule has 0 saturated carbocycles. The first-order chi connectivity index (χ1) is 10.2. The van der Waals surface area contributed by atoms with Gasteiger partial charge in [-0.25, -0.2) is 4.79 Å². The molecule has 0 fully saturated rings. The van der Waals surface area contributed by atoms with Crippen molar-refractivity contribution in [2.75, 3.05) is 5.32 Å². The van der Waals surface area contributed by atoms with Crippen molar-refractivity contribution in [3.05, 3.63) is 66.2 Å². The van der Waals surface area contributed by atoms with Crippen LogP contribution in [0.2, 0.25) is 0 Å². The van der Waals surface area contributed by atoms with Gasteiger partial charge in [-0.15, -0.1) is 0 Å². The minimum atomic E-state index is -0.985. The zero-order valence-corrected chi connectivity index (χ0v) is 11.1. The summed E-state index contributed by atoms with van der Waals surface area (Å²) in [5.41, 5.74) is 1.47. The molecule has 3 aromatic rings. The first-order valence-electron chi connectivity index (χ1n) is 6.47. The second-order valence-corrected chi connectivity index (χ2v) is 4.65. The number of carbonyl (C=O) groups is 1. The maximum atomic E-state index is 11.2. The van der Waals surface area contributed by atoms with Gasteiger partial charge in [0.15, 0.2) is 0 Å². The van der Waals surface area contributed by atoms with Crippen LogP contribution in [0.15, 0.2) is 60.7 Å². The second-order valence-electron chi connectivity index (χ2n) is 4.65. The standard InChI is InChI=1S/C17H13NO3/c19-16-10-9-15(11-5-1-2-6-12(11)16)18-14-8-4-3-7-13(14)17(20)21/h1-10,18-19H,(H,20,21). The van der Waals surface area contributed by atoms with Crippen LogP contribution in [-0.4, -0.2) is 16.2 Å². The predicted octanol–water partition coefficient (Wildman–Crippen LogP) is 3.99. The van der Waals surface area contributed by atoms with Crippen LogP contribution in [0, 0.1) is 0 Å². The zero-order valence-electron chi connectivity index (χ0n) is 11.1. The van der Waals surface area contributed by atoms with Crippen LogP contribution in [0.25, 0.3) is 10.8 Å². The van der Waals surface area contributed by atoms with E-state index in [4.69, 9.17) is 0 Å². The molecule has 0 aliphatic rings. The highest BCUT2D eigenvalue weighted by atomic mass is 16.4. The van der Waals surface area contributed by atoms with Gasteiger partial charge in [-0.1, -0.05) is 36.4 Å². The summed E-state index contributed by atoms with van der Waals surface area (Å²) in [7, 11) is 0. The van der Waals surface area contributed by atoms with Crippen LogP contribution >= 0.6 is 0 Å². The second kappa shape index (κ2) is 5.17. The molecule has 0 atom stereocenters. The minimum absolute atomic E-state index is 0.197. The van der Waals surface area contributed by atoms with E-state index in [-0.39, 0.29) is 11.3 Å². The maximum Gasteiger partial charge on any atom is 0.337 e. The topological polar surface area (TPSA) is 69.6 Å². The summed E-state index contributed by atoms with van der Waals surface area (Å²) in [6.07, 6.45) is 0. The van der Waals surface area contributed by atoms with Crippen LogP contribution in [0.5, 0.6) is 5.75 Å². The number of phenolic OH excluding ortho intramolecular Hbond substituents is 1. The van der Waals surface area contributed by atoms with Crippen LogP contribution in [0.1, 0.15) is 10.4 Å². The van der Waals surface area contributed by atoms with Gasteiger partial charge in [-0.05, 0) is 24.3 Å². The summed E-state index contributed by atoms with van der Waals surface area (Å²) in [5, 5.41) is 23.8. The van der Waals surface area contributed by atoms with Crippen molar-refractivity contribution in [1.29, 1.82) is 0 Å². The summed E-state index contributed by atoms with van der Waals surface area (Å²) >= 11 is 0. The number of fused-ring (bicyclic) bond motifs is 1. The molecule has 0 saturated heterocycles. The van der Waals surface area contributed by atoms with E-state index in [2.05, 4.69) is 5.32 Å². The number of carboxylic acid groups (broad SMARTS) is 1. The average molecular weight is 279 g/mol. The summed E-state index contributed by atoms with van der Waals surface area (Å²) < 4.78 is 0. The quantitative estimate of drug-likeness (QED) is 0.634. The van der Waals surface area contributed by atoms with Crippen LogP contribution in [0.3, 0.4) is 0 Å². The largest absolute Gasteiger partial charge is 0.507 e. The fourth-order valence-corrected chi connectivity index (χ4v) is 2.32. The highest BCUT2D eigenvalue weighted by Crippen LogP contribution is 2.33. The predicted molar refractivity (Wildman–Crippen MR) is 82.3 cm³/mol. The number of hydrogen-bond acceptors (Lipinski definition) is 3. The molecule has 4 heteroatoms. The van der Waals surface area contributed by atoms with E-state index in [1.165, 1.54) is 0 Å². The van der Waals surface area contributed by atoms with Crippen molar-refractivity contribution < 1.29 is 15.0 Å². The molecule has 0 radical (unpaired) electrons. The number of benzene rings is 3. The Labute approximate surface area is 121 Å². The highest BCUT2D eigenvalue weighted by molar-refractivity contribution is 6.01. The Morgan fingerprint density at radius 2 is 1.48 bits per heavy atom. The van der Waals surface area contributed by atoms with Gasteiger partial charge >= 0.3 is 5.97 Å². The summed E-state index contributed by atoms with van der Waals surface area (Å²) in [4.78, 5) is 11.2. The van der Waals surface area contributed by atoms with Gasteiger partial charge in [0.2, 0.25) is 0 Å². The lowest BCUT2D eigenvalue weighted by atomic mass is 10.1.